The van der Waals surface area contributed by atoms with Crippen LogP contribution in [0.4, 0.5) is 0 Å². The molecule has 0 atom stereocenters. The van der Waals surface area contributed by atoms with E-state index in [1.165, 1.54) is 11.3 Å². The second-order valence-electron chi connectivity index (χ2n) is 6.83. The molecule has 0 spiro atoms. The van der Waals surface area contributed by atoms with E-state index in [0.29, 0.717) is 16.4 Å². The van der Waals surface area contributed by atoms with Crippen molar-refractivity contribution in [2.24, 2.45) is 0 Å². The Balaban J connectivity index is 1.47. The summed E-state index contributed by atoms with van der Waals surface area (Å²) in [5, 5.41) is 4.54. The van der Waals surface area contributed by atoms with Gasteiger partial charge in [0.15, 0.2) is 0 Å². The fourth-order valence-electron chi connectivity index (χ4n) is 3.27. The van der Waals surface area contributed by atoms with Crippen molar-refractivity contribution in [1.82, 2.24) is 20.1 Å². The van der Waals surface area contributed by atoms with Crippen LogP contribution < -0.4 is 5.32 Å². The van der Waals surface area contributed by atoms with Crippen LogP contribution in [0.2, 0.25) is 5.02 Å². The second kappa shape index (κ2) is 9.64. The van der Waals surface area contributed by atoms with Gasteiger partial charge in [-0.05, 0) is 38.6 Å². The Morgan fingerprint density at radius 3 is 2.70 bits per heavy atom. The Hall–Kier alpha value is -1.47. The standard InChI is InChI=1S/C20H27ClN4OS/c1-3-24-10-12-25(13-11-24)9-5-8-22-19(26)18-15(2)23-20(27-18)16-6-4-7-17(21)14-16/h4,6-7,14H,3,5,8-13H2,1-2H3,(H,22,26). The molecule has 7 heteroatoms. The average molecular weight is 407 g/mol. The van der Waals surface area contributed by atoms with Crippen LogP contribution in [-0.4, -0.2) is 66.5 Å². The normalized spacial score (nSPS) is 15.8. The number of amides is 1. The molecule has 0 unspecified atom stereocenters. The first kappa shape index (κ1) is 20.3. The van der Waals surface area contributed by atoms with Crippen LogP contribution in [0, 0.1) is 6.92 Å². The summed E-state index contributed by atoms with van der Waals surface area (Å²) in [6.07, 6.45) is 0.969. The molecule has 1 aromatic carbocycles. The van der Waals surface area contributed by atoms with Gasteiger partial charge in [-0.3, -0.25) is 4.79 Å². The molecule has 2 heterocycles. The number of hydrogen-bond donors (Lipinski definition) is 1. The number of hydrogen-bond acceptors (Lipinski definition) is 5. The van der Waals surface area contributed by atoms with Crippen LogP contribution in [-0.2, 0) is 0 Å². The van der Waals surface area contributed by atoms with Gasteiger partial charge < -0.3 is 15.1 Å². The molecule has 0 saturated carbocycles. The van der Waals surface area contributed by atoms with Crippen molar-refractivity contribution < 1.29 is 4.79 Å². The third-order valence-corrected chi connectivity index (χ3v) is 6.36. The van der Waals surface area contributed by atoms with E-state index in [9.17, 15) is 4.79 Å². The Bertz CT molecular complexity index is 771. The van der Waals surface area contributed by atoms with Crippen molar-refractivity contribution in [2.45, 2.75) is 20.3 Å². The number of carbonyl (C=O) groups is 1. The van der Waals surface area contributed by atoms with E-state index in [4.69, 9.17) is 11.6 Å². The fourth-order valence-corrected chi connectivity index (χ4v) is 4.44. The lowest BCUT2D eigenvalue weighted by Gasteiger charge is -2.33. The zero-order valence-corrected chi connectivity index (χ0v) is 17.6. The number of benzene rings is 1. The molecule has 1 saturated heterocycles. The number of halogens is 1. The van der Waals surface area contributed by atoms with Crippen LogP contribution in [0.5, 0.6) is 0 Å². The number of carbonyl (C=O) groups excluding carboxylic acids is 1. The summed E-state index contributed by atoms with van der Waals surface area (Å²) in [6.45, 7) is 11.5. The minimum Gasteiger partial charge on any atom is -0.351 e. The van der Waals surface area contributed by atoms with Crippen molar-refractivity contribution in [1.29, 1.82) is 0 Å². The highest BCUT2D eigenvalue weighted by Gasteiger charge is 2.17. The Morgan fingerprint density at radius 1 is 1.26 bits per heavy atom. The highest BCUT2D eigenvalue weighted by Crippen LogP contribution is 2.29. The maximum Gasteiger partial charge on any atom is 0.263 e. The lowest BCUT2D eigenvalue weighted by Crippen LogP contribution is -2.46. The molecule has 2 aromatic rings. The van der Waals surface area contributed by atoms with E-state index in [-0.39, 0.29) is 5.91 Å². The van der Waals surface area contributed by atoms with Crippen molar-refractivity contribution in [3.8, 4) is 10.6 Å². The average Bonchev–Trinajstić information content (AvgIpc) is 3.07. The van der Waals surface area contributed by atoms with Gasteiger partial charge in [-0.25, -0.2) is 4.98 Å². The van der Waals surface area contributed by atoms with Crippen LogP contribution in [0.15, 0.2) is 24.3 Å². The van der Waals surface area contributed by atoms with Gasteiger partial charge in [-0.15, -0.1) is 11.3 Å². The van der Waals surface area contributed by atoms with E-state index >= 15 is 0 Å². The summed E-state index contributed by atoms with van der Waals surface area (Å²) >= 11 is 7.48. The number of aromatic nitrogens is 1. The van der Waals surface area contributed by atoms with E-state index in [1.54, 1.807) is 0 Å². The van der Waals surface area contributed by atoms with Crippen molar-refractivity contribution in [2.75, 3.05) is 45.8 Å². The first-order valence-corrected chi connectivity index (χ1v) is 10.7. The molecule has 0 aliphatic carbocycles. The molecule has 146 valence electrons. The highest BCUT2D eigenvalue weighted by molar-refractivity contribution is 7.17. The van der Waals surface area contributed by atoms with E-state index < -0.39 is 0 Å². The van der Waals surface area contributed by atoms with E-state index in [2.05, 4.69) is 27.0 Å². The highest BCUT2D eigenvalue weighted by atomic mass is 35.5. The van der Waals surface area contributed by atoms with Gasteiger partial charge in [0.2, 0.25) is 0 Å². The maximum absolute atomic E-state index is 12.5. The third-order valence-electron chi connectivity index (χ3n) is 4.92. The minimum absolute atomic E-state index is 0.0333. The quantitative estimate of drug-likeness (QED) is 0.714. The zero-order chi connectivity index (χ0) is 19.2. The number of thiazole rings is 1. The van der Waals surface area contributed by atoms with Crippen molar-refractivity contribution in [3.63, 3.8) is 0 Å². The number of likely N-dealkylation sites (N-methyl/N-ethyl adjacent to an activating group) is 1. The fraction of sp³-hybridized carbons (Fsp3) is 0.500. The van der Waals surface area contributed by atoms with Crippen LogP contribution >= 0.6 is 22.9 Å². The van der Waals surface area contributed by atoms with Gasteiger partial charge in [0.1, 0.15) is 9.88 Å². The molecule has 0 radical (unpaired) electrons. The third kappa shape index (κ3) is 5.51. The number of nitrogens with one attached hydrogen (secondary N) is 1. The van der Waals surface area contributed by atoms with Crippen molar-refractivity contribution in [3.05, 3.63) is 39.9 Å². The summed E-state index contributed by atoms with van der Waals surface area (Å²) in [6, 6.07) is 7.57. The van der Waals surface area contributed by atoms with Crippen LogP contribution in [0.1, 0.15) is 28.7 Å². The van der Waals surface area contributed by atoms with Crippen LogP contribution in [0.3, 0.4) is 0 Å². The predicted molar refractivity (Wildman–Crippen MR) is 113 cm³/mol. The summed E-state index contributed by atoms with van der Waals surface area (Å²) in [5.74, 6) is -0.0333. The summed E-state index contributed by atoms with van der Waals surface area (Å²) in [4.78, 5) is 22.7. The van der Waals surface area contributed by atoms with Gasteiger partial charge in [-0.2, -0.15) is 0 Å². The lowest BCUT2D eigenvalue weighted by molar-refractivity contribution is 0.0951. The van der Waals surface area contributed by atoms with Gasteiger partial charge in [0, 0.05) is 43.3 Å². The number of aryl methyl sites for hydroxylation is 1. The Kier molecular flexibility index (Phi) is 7.24. The minimum atomic E-state index is -0.0333. The summed E-state index contributed by atoms with van der Waals surface area (Å²) in [5.41, 5.74) is 1.71. The Labute approximate surface area is 170 Å². The topological polar surface area (TPSA) is 48.5 Å². The lowest BCUT2D eigenvalue weighted by atomic mass is 10.2. The first-order valence-electron chi connectivity index (χ1n) is 9.53. The molecule has 1 N–H and O–H groups in total. The molecular formula is C20H27ClN4OS. The van der Waals surface area contributed by atoms with Crippen molar-refractivity contribution >= 4 is 28.8 Å². The largest absolute Gasteiger partial charge is 0.351 e. The number of nitrogens with zero attached hydrogens (tertiary/aromatic N) is 3. The molecule has 1 aliphatic heterocycles. The van der Waals surface area contributed by atoms with E-state index in [1.807, 2.05) is 31.2 Å². The molecule has 1 aliphatic rings. The molecule has 1 fully saturated rings. The molecule has 0 bridgehead atoms. The summed E-state index contributed by atoms with van der Waals surface area (Å²) in [7, 11) is 0. The molecule has 3 rings (SSSR count). The molecule has 1 aromatic heterocycles. The monoisotopic (exact) mass is 406 g/mol. The maximum atomic E-state index is 12.5. The Morgan fingerprint density at radius 2 is 2.00 bits per heavy atom. The van der Waals surface area contributed by atoms with Gasteiger partial charge in [-0.1, -0.05) is 30.7 Å². The SMILES string of the molecule is CCN1CCN(CCCNC(=O)c2sc(-c3cccc(Cl)c3)nc2C)CC1. The zero-order valence-electron chi connectivity index (χ0n) is 16.0. The molecule has 27 heavy (non-hydrogen) atoms. The van der Waals surface area contributed by atoms with Crippen LogP contribution in [0.25, 0.3) is 10.6 Å². The van der Waals surface area contributed by atoms with E-state index in [0.717, 1.165) is 62.0 Å². The molecular weight excluding hydrogens is 380 g/mol. The molecule has 1 amide bonds. The first-order chi connectivity index (χ1) is 13.1. The molecule has 5 nitrogen and oxygen atoms in total. The van der Waals surface area contributed by atoms with Gasteiger partial charge >= 0.3 is 0 Å². The predicted octanol–water partition coefficient (Wildman–Crippen LogP) is 3.53. The summed E-state index contributed by atoms with van der Waals surface area (Å²) < 4.78 is 0. The number of rotatable bonds is 7. The van der Waals surface area contributed by atoms with Gasteiger partial charge in [0.05, 0.1) is 5.69 Å². The smallest absolute Gasteiger partial charge is 0.263 e. The van der Waals surface area contributed by atoms with Gasteiger partial charge in [0.25, 0.3) is 5.91 Å². The number of piperazine rings is 1. The second-order valence-corrected chi connectivity index (χ2v) is 8.26.